The summed E-state index contributed by atoms with van der Waals surface area (Å²) in [4.78, 5) is 35.7. The fourth-order valence-electron chi connectivity index (χ4n) is 2.32. The first-order chi connectivity index (χ1) is 13.4. The predicted octanol–water partition coefficient (Wildman–Crippen LogP) is 2.37. The molecule has 0 fully saturated rings. The van der Waals surface area contributed by atoms with E-state index in [1.54, 1.807) is 30.3 Å². The third kappa shape index (κ3) is 6.42. The second kappa shape index (κ2) is 10.1. The van der Waals surface area contributed by atoms with Crippen molar-refractivity contribution in [1.29, 1.82) is 0 Å². The Morgan fingerprint density at radius 2 is 1.68 bits per heavy atom. The van der Waals surface area contributed by atoms with Crippen LogP contribution in [0.2, 0.25) is 0 Å². The minimum Gasteiger partial charge on any atom is -0.479 e. The summed E-state index contributed by atoms with van der Waals surface area (Å²) in [6.07, 6.45) is -0.859. The molecule has 0 aliphatic carbocycles. The zero-order valence-electron chi connectivity index (χ0n) is 16.2. The van der Waals surface area contributed by atoms with Crippen LogP contribution >= 0.6 is 0 Å². The molecular formula is C21H24N2O5. The van der Waals surface area contributed by atoms with Crippen LogP contribution in [0, 0.1) is 13.8 Å². The molecule has 2 N–H and O–H groups in total. The number of benzene rings is 2. The zero-order chi connectivity index (χ0) is 20.5. The predicted molar refractivity (Wildman–Crippen MR) is 105 cm³/mol. The fraction of sp³-hybridized carbons (Fsp3) is 0.286. The summed E-state index contributed by atoms with van der Waals surface area (Å²) in [5, 5.41) is 5.15. The largest absolute Gasteiger partial charge is 0.479 e. The highest BCUT2D eigenvalue weighted by atomic mass is 16.6. The Balaban J connectivity index is 1.71. The summed E-state index contributed by atoms with van der Waals surface area (Å²) in [5.74, 6) is -1.08. The molecule has 2 aromatic rings. The van der Waals surface area contributed by atoms with Crippen LogP contribution in [0.1, 0.15) is 18.1 Å². The lowest BCUT2D eigenvalue weighted by Gasteiger charge is -2.14. The standard InChI is InChI=1S/C21H24N2O5/c1-14-8-7-11-18(15(14)2)23-19(24)12-22-20(25)13-27-21(26)16(3)28-17-9-5-4-6-10-17/h4-11,16H,12-13H2,1-3H3,(H,22,25)(H,23,24)/t16-/m1/s1. The molecule has 2 aromatic carbocycles. The average molecular weight is 384 g/mol. The van der Waals surface area contributed by atoms with Gasteiger partial charge in [0.2, 0.25) is 5.91 Å². The second-order valence-electron chi connectivity index (χ2n) is 6.25. The van der Waals surface area contributed by atoms with Crippen LogP contribution in [0.3, 0.4) is 0 Å². The van der Waals surface area contributed by atoms with Crippen molar-refractivity contribution >= 4 is 23.5 Å². The normalized spacial score (nSPS) is 11.2. The molecule has 0 saturated carbocycles. The first-order valence-corrected chi connectivity index (χ1v) is 8.88. The van der Waals surface area contributed by atoms with Crippen molar-refractivity contribution in [2.45, 2.75) is 26.9 Å². The van der Waals surface area contributed by atoms with Gasteiger partial charge in [-0.15, -0.1) is 0 Å². The van der Waals surface area contributed by atoms with Gasteiger partial charge in [-0.1, -0.05) is 30.3 Å². The number of hydrogen-bond donors (Lipinski definition) is 2. The van der Waals surface area contributed by atoms with E-state index >= 15 is 0 Å². The summed E-state index contributed by atoms with van der Waals surface area (Å²) >= 11 is 0. The van der Waals surface area contributed by atoms with Crippen LogP contribution in [-0.4, -0.2) is 37.0 Å². The summed E-state index contributed by atoms with van der Waals surface area (Å²) in [7, 11) is 0. The van der Waals surface area contributed by atoms with Crippen molar-refractivity contribution in [1.82, 2.24) is 5.32 Å². The maximum absolute atomic E-state index is 12.0. The number of rotatable bonds is 8. The van der Waals surface area contributed by atoms with E-state index in [4.69, 9.17) is 9.47 Å². The van der Waals surface area contributed by atoms with Gasteiger partial charge in [0.05, 0.1) is 6.54 Å². The molecule has 0 aliphatic heterocycles. The number of aryl methyl sites for hydroxylation is 1. The van der Waals surface area contributed by atoms with Crippen molar-refractivity contribution in [3.05, 3.63) is 59.7 Å². The Kier molecular flexibility index (Phi) is 7.56. The minimum atomic E-state index is -0.859. The number of nitrogens with one attached hydrogen (secondary N) is 2. The number of anilines is 1. The number of esters is 1. The van der Waals surface area contributed by atoms with Gasteiger partial charge < -0.3 is 20.1 Å². The van der Waals surface area contributed by atoms with Crippen molar-refractivity contribution < 1.29 is 23.9 Å². The molecule has 0 unspecified atom stereocenters. The third-order valence-corrected chi connectivity index (χ3v) is 4.06. The monoisotopic (exact) mass is 384 g/mol. The molecule has 0 radical (unpaired) electrons. The van der Waals surface area contributed by atoms with E-state index in [-0.39, 0.29) is 12.5 Å². The van der Waals surface area contributed by atoms with Gasteiger partial charge in [-0.25, -0.2) is 4.79 Å². The van der Waals surface area contributed by atoms with Gasteiger partial charge in [0, 0.05) is 5.69 Å². The fourth-order valence-corrected chi connectivity index (χ4v) is 2.32. The van der Waals surface area contributed by atoms with Crippen LogP contribution in [0.15, 0.2) is 48.5 Å². The third-order valence-electron chi connectivity index (χ3n) is 4.06. The molecule has 0 bridgehead atoms. The van der Waals surface area contributed by atoms with Gasteiger partial charge in [-0.2, -0.15) is 0 Å². The van der Waals surface area contributed by atoms with E-state index in [1.165, 1.54) is 6.92 Å². The van der Waals surface area contributed by atoms with Crippen LogP contribution in [-0.2, 0) is 19.1 Å². The lowest BCUT2D eigenvalue weighted by Crippen LogP contribution is -2.37. The van der Waals surface area contributed by atoms with E-state index in [9.17, 15) is 14.4 Å². The zero-order valence-corrected chi connectivity index (χ0v) is 16.2. The van der Waals surface area contributed by atoms with Gasteiger partial charge >= 0.3 is 5.97 Å². The van der Waals surface area contributed by atoms with Crippen molar-refractivity contribution in [3.8, 4) is 5.75 Å². The molecule has 0 heterocycles. The lowest BCUT2D eigenvalue weighted by atomic mass is 10.1. The lowest BCUT2D eigenvalue weighted by molar-refractivity contribution is -0.154. The molecule has 2 amide bonds. The molecular weight excluding hydrogens is 360 g/mol. The molecule has 0 aromatic heterocycles. The van der Waals surface area contributed by atoms with E-state index in [1.807, 2.05) is 32.0 Å². The molecule has 0 saturated heterocycles. The quantitative estimate of drug-likeness (QED) is 0.682. The summed E-state index contributed by atoms with van der Waals surface area (Å²) in [6.45, 7) is 4.67. The molecule has 7 heteroatoms. The molecule has 28 heavy (non-hydrogen) atoms. The maximum atomic E-state index is 12.0. The highest BCUT2D eigenvalue weighted by Crippen LogP contribution is 2.17. The minimum absolute atomic E-state index is 0.222. The van der Waals surface area contributed by atoms with E-state index in [0.717, 1.165) is 11.1 Å². The maximum Gasteiger partial charge on any atom is 0.347 e. The first-order valence-electron chi connectivity index (χ1n) is 8.88. The first kappa shape index (κ1) is 21.0. The van der Waals surface area contributed by atoms with Crippen molar-refractivity contribution in [2.75, 3.05) is 18.5 Å². The Bertz CT molecular complexity index is 836. The van der Waals surface area contributed by atoms with E-state index in [0.29, 0.717) is 11.4 Å². The van der Waals surface area contributed by atoms with Gasteiger partial charge in [0.15, 0.2) is 12.7 Å². The van der Waals surface area contributed by atoms with Crippen molar-refractivity contribution in [2.24, 2.45) is 0 Å². The Morgan fingerprint density at radius 3 is 2.39 bits per heavy atom. The number of hydrogen-bond acceptors (Lipinski definition) is 5. The smallest absolute Gasteiger partial charge is 0.347 e. The Morgan fingerprint density at radius 1 is 0.964 bits per heavy atom. The van der Waals surface area contributed by atoms with E-state index in [2.05, 4.69) is 10.6 Å². The molecule has 0 spiro atoms. The number of carbonyl (C=O) groups is 3. The SMILES string of the molecule is Cc1cccc(NC(=O)CNC(=O)COC(=O)[C@@H](C)Oc2ccccc2)c1C. The number of para-hydroxylation sites is 1. The topological polar surface area (TPSA) is 93.7 Å². The Hall–Kier alpha value is -3.35. The molecule has 7 nitrogen and oxygen atoms in total. The molecule has 0 aliphatic rings. The highest BCUT2D eigenvalue weighted by Gasteiger charge is 2.18. The van der Waals surface area contributed by atoms with Gasteiger partial charge in [-0.05, 0) is 50.1 Å². The van der Waals surface area contributed by atoms with Gasteiger partial charge in [0.1, 0.15) is 5.75 Å². The van der Waals surface area contributed by atoms with Gasteiger partial charge in [-0.3, -0.25) is 9.59 Å². The number of carbonyl (C=O) groups excluding carboxylic acids is 3. The Labute approximate surface area is 164 Å². The summed E-state index contributed by atoms with van der Waals surface area (Å²) in [6, 6.07) is 14.4. The average Bonchev–Trinajstić information content (AvgIpc) is 2.68. The van der Waals surface area contributed by atoms with E-state index < -0.39 is 24.6 Å². The van der Waals surface area contributed by atoms with Crippen LogP contribution in [0.25, 0.3) is 0 Å². The number of ether oxygens (including phenoxy) is 2. The van der Waals surface area contributed by atoms with Crippen LogP contribution in [0.4, 0.5) is 5.69 Å². The number of amides is 2. The molecule has 1 atom stereocenters. The molecule has 148 valence electrons. The van der Waals surface area contributed by atoms with Crippen LogP contribution in [0.5, 0.6) is 5.75 Å². The van der Waals surface area contributed by atoms with Gasteiger partial charge in [0.25, 0.3) is 5.91 Å². The highest BCUT2D eigenvalue weighted by molar-refractivity contribution is 5.95. The molecule has 2 rings (SSSR count). The summed E-state index contributed by atoms with van der Waals surface area (Å²) in [5.41, 5.74) is 2.71. The van der Waals surface area contributed by atoms with Crippen molar-refractivity contribution in [3.63, 3.8) is 0 Å². The summed E-state index contributed by atoms with van der Waals surface area (Å²) < 4.78 is 10.3. The second-order valence-corrected chi connectivity index (χ2v) is 6.25. The van der Waals surface area contributed by atoms with Crippen LogP contribution < -0.4 is 15.4 Å².